The molecular formula is C17H12Cl2N4O. The second kappa shape index (κ2) is 7.29. The summed E-state index contributed by atoms with van der Waals surface area (Å²) in [5.41, 5.74) is 1.29. The fraction of sp³-hybridized carbons (Fsp3) is 0. The lowest BCUT2D eigenvalue weighted by molar-refractivity contribution is 0.102. The number of rotatable bonds is 4. The van der Waals surface area contributed by atoms with E-state index in [1.807, 2.05) is 12.1 Å². The fourth-order valence-corrected chi connectivity index (χ4v) is 2.29. The molecule has 0 aliphatic heterocycles. The van der Waals surface area contributed by atoms with Gasteiger partial charge >= 0.3 is 0 Å². The summed E-state index contributed by atoms with van der Waals surface area (Å²) in [6.45, 7) is 0. The first-order chi connectivity index (χ1) is 11.6. The maximum atomic E-state index is 12.1. The van der Waals surface area contributed by atoms with Crippen molar-refractivity contribution in [2.45, 2.75) is 0 Å². The summed E-state index contributed by atoms with van der Waals surface area (Å²) in [5.74, 6) is 0.616. The van der Waals surface area contributed by atoms with Gasteiger partial charge in [0.15, 0.2) is 11.6 Å². The van der Waals surface area contributed by atoms with Crippen molar-refractivity contribution in [1.82, 2.24) is 10.2 Å². The molecule has 1 heterocycles. The lowest BCUT2D eigenvalue weighted by Gasteiger charge is -2.07. The molecule has 7 heteroatoms. The van der Waals surface area contributed by atoms with Crippen molar-refractivity contribution in [3.05, 3.63) is 76.3 Å². The maximum absolute atomic E-state index is 12.1. The highest BCUT2D eigenvalue weighted by molar-refractivity contribution is 6.31. The summed E-state index contributed by atoms with van der Waals surface area (Å²) in [6, 6.07) is 17.2. The van der Waals surface area contributed by atoms with Crippen LogP contribution in [0.5, 0.6) is 0 Å². The zero-order valence-electron chi connectivity index (χ0n) is 12.3. The van der Waals surface area contributed by atoms with E-state index in [0.29, 0.717) is 27.2 Å². The van der Waals surface area contributed by atoms with Crippen LogP contribution in [0.4, 0.5) is 17.3 Å². The van der Waals surface area contributed by atoms with Crippen LogP contribution < -0.4 is 10.6 Å². The van der Waals surface area contributed by atoms with E-state index in [9.17, 15) is 4.79 Å². The number of halogens is 2. The Hall–Kier alpha value is -2.63. The zero-order valence-corrected chi connectivity index (χ0v) is 13.8. The molecule has 120 valence electrons. The van der Waals surface area contributed by atoms with Crippen LogP contribution in [-0.2, 0) is 0 Å². The van der Waals surface area contributed by atoms with Gasteiger partial charge < -0.3 is 10.6 Å². The molecule has 24 heavy (non-hydrogen) atoms. The van der Waals surface area contributed by atoms with Gasteiger partial charge in [-0.25, -0.2) is 0 Å². The Bertz CT molecular complexity index is 851. The number of hydrogen-bond acceptors (Lipinski definition) is 4. The number of anilines is 3. The monoisotopic (exact) mass is 358 g/mol. The third-order valence-electron chi connectivity index (χ3n) is 3.11. The first-order valence-corrected chi connectivity index (χ1v) is 7.79. The van der Waals surface area contributed by atoms with E-state index in [1.165, 1.54) is 0 Å². The Kier molecular flexibility index (Phi) is 4.93. The van der Waals surface area contributed by atoms with Crippen LogP contribution in [0.1, 0.15) is 10.4 Å². The van der Waals surface area contributed by atoms with Gasteiger partial charge in [-0.15, -0.1) is 10.2 Å². The molecule has 0 fully saturated rings. The van der Waals surface area contributed by atoms with Crippen molar-refractivity contribution < 1.29 is 4.79 Å². The molecule has 1 aromatic heterocycles. The summed E-state index contributed by atoms with van der Waals surface area (Å²) in [4.78, 5) is 12.1. The van der Waals surface area contributed by atoms with Crippen LogP contribution in [0.2, 0.25) is 10.0 Å². The average Bonchev–Trinajstić information content (AvgIpc) is 2.57. The van der Waals surface area contributed by atoms with Gasteiger partial charge in [-0.1, -0.05) is 29.3 Å². The van der Waals surface area contributed by atoms with Gasteiger partial charge in [-0.05, 0) is 54.6 Å². The Labute approximate surface area is 148 Å². The van der Waals surface area contributed by atoms with Gasteiger partial charge in [0.2, 0.25) is 0 Å². The minimum Gasteiger partial charge on any atom is -0.339 e. The van der Waals surface area contributed by atoms with E-state index in [1.54, 1.807) is 48.5 Å². The van der Waals surface area contributed by atoms with Crippen molar-refractivity contribution in [1.29, 1.82) is 0 Å². The van der Waals surface area contributed by atoms with Crippen molar-refractivity contribution in [3.8, 4) is 0 Å². The SMILES string of the molecule is O=C(Nc1ccc(Nc2cccc(Cl)c2)nn1)c1ccc(Cl)cc1. The Morgan fingerprint density at radius 2 is 1.54 bits per heavy atom. The number of hydrogen-bond donors (Lipinski definition) is 2. The molecule has 3 rings (SSSR count). The van der Waals surface area contributed by atoms with Crippen molar-refractivity contribution in [2.24, 2.45) is 0 Å². The van der Waals surface area contributed by atoms with Crippen molar-refractivity contribution in [3.63, 3.8) is 0 Å². The molecule has 0 atom stereocenters. The van der Waals surface area contributed by atoms with Gasteiger partial charge in [0.25, 0.3) is 5.91 Å². The molecule has 3 aromatic rings. The molecule has 0 unspecified atom stereocenters. The summed E-state index contributed by atoms with van der Waals surface area (Å²) >= 11 is 11.7. The molecule has 0 bridgehead atoms. The minimum atomic E-state index is -0.281. The van der Waals surface area contributed by atoms with Crippen LogP contribution in [0.15, 0.2) is 60.7 Å². The number of amides is 1. The molecule has 0 saturated heterocycles. The van der Waals surface area contributed by atoms with E-state index in [-0.39, 0.29) is 5.91 Å². The molecule has 1 amide bonds. The quantitative estimate of drug-likeness (QED) is 0.704. The second-order valence-corrected chi connectivity index (χ2v) is 5.77. The average molecular weight is 359 g/mol. The van der Waals surface area contributed by atoms with E-state index in [0.717, 1.165) is 5.69 Å². The Morgan fingerprint density at radius 1 is 0.833 bits per heavy atom. The molecule has 0 aliphatic carbocycles. The van der Waals surface area contributed by atoms with E-state index >= 15 is 0 Å². The van der Waals surface area contributed by atoms with Gasteiger partial charge in [0, 0.05) is 21.3 Å². The lowest BCUT2D eigenvalue weighted by atomic mass is 10.2. The third-order valence-corrected chi connectivity index (χ3v) is 3.60. The second-order valence-electron chi connectivity index (χ2n) is 4.90. The van der Waals surface area contributed by atoms with E-state index in [2.05, 4.69) is 20.8 Å². The summed E-state index contributed by atoms with van der Waals surface area (Å²) < 4.78 is 0. The lowest BCUT2D eigenvalue weighted by Crippen LogP contribution is -2.13. The largest absolute Gasteiger partial charge is 0.339 e. The van der Waals surface area contributed by atoms with Gasteiger partial charge in [0.1, 0.15) is 0 Å². The standard InChI is InChI=1S/C17H12Cl2N4O/c18-12-6-4-11(5-7-12)17(24)21-16-9-8-15(22-23-16)20-14-3-1-2-13(19)10-14/h1-10H,(H,20,22)(H,21,23,24). The van der Waals surface area contributed by atoms with Gasteiger partial charge in [-0.3, -0.25) is 4.79 Å². The molecule has 0 aliphatic rings. The first-order valence-electron chi connectivity index (χ1n) is 7.03. The number of carbonyl (C=O) groups excluding carboxylic acids is 1. The van der Waals surface area contributed by atoms with Crippen LogP contribution in [-0.4, -0.2) is 16.1 Å². The number of benzene rings is 2. The molecule has 2 N–H and O–H groups in total. The van der Waals surface area contributed by atoms with Crippen LogP contribution >= 0.6 is 23.2 Å². The highest BCUT2D eigenvalue weighted by Crippen LogP contribution is 2.19. The summed E-state index contributed by atoms with van der Waals surface area (Å²) in [5, 5.41) is 14.9. The minimum absolute atomic E-state index is 0.281. The molecule has 0 radical (unpaired) electrons. The van der Waals surface area contributed by atoms with Gasteiger partial charge in [-0.2, -0.15) is 0 Å². The Balaban J connectivity index is 1.66. The van der Waals surface area contributed by atoms with E-state index < -0.39 is 0 Å². The van der Waals surface area contributed by atoms with E-state index in [4.69, 9.17) is 23.2 Å². The smallest absolute Gasteiger partial charge is 0.256 e. The summed E-state index contributed by atoms with van der Waals surface area (Å²) in [7, 11) is 0. The zero-order chi connectivity index (χ0) is 16.9. The summed E-state index contributed by atoms with van der Waals surface area (Å²) in [6.07, 6.45) is 0. The Morgan fingerprint density at radius 3 is 2.21 bits per heavy atom. The fourth-order valence-electron chi connectivity index (χ4n) is 1.97. The van der Waals surface area contributed by atoms with Gasteiger partial charge in [0.05, 0.1) is 0 Å². The first kappa shape index (κ1) is 16.2. The highest BCUT2D eigenvalue weighted by Gasteiger charge is 2.07. The maximum Gasteiger partial charge on any atom is 0.256 e. The molecule has 2 aromatic carbocycles. The topological polar surface area (TPSA) is 66.9 Å². The predicted octanol–water partition coefficient (Wildman–Crippen LogP) is 4.78. The number of carbonyl (C=O) groups is 1. The van der Waals surface area contributed by atoms with Crippen molar-refractivity contribution in [2.75, 3.05) is 10.6 Å². The molecule has 0 spiro atoms. The number of nitrogens with zero attached hydrogens (tertiary/aromatic N) is 2. The normalized spacial score (nSPS) is 10.2. The van der Waals surface area contributed by atoms with Crippen molar-refractivity contribution >= 4 is 46.4 Å². The molecule has 0 saturated carbocycles. The highest BCUT2D eigenvalue weighted by atomic mass is 35.5. The van der Waals surface area contributed by atoms with Crippen LogP contribution in [0.25, 0.3) is 0 Å². The number of aromatic nitrogens is 2. The van der Waals surface area contributed by atoms with Crippen LogP contribution in [0, 0.1) is 0 Å². The predicted molar refractivity (Wildman–Crippen MR) is 96.2 cm³/mol. The molecule has 5 nitrogen and oxygen atoms in total. The number of nitrogens with one attached hydrogen (secondary N) is 2. The van der Waals surface area contributed by atoms with Crippen LogP contribution in [0.3, 0.4) is 0 Å². The molecular weight excluding hydrogens is 347 g/mol. The third kappa shape index (κ3) is 4.22.